The summed E-state index contributed by atoms with van der Waals surface area (Å²) in [5, 5.41) is 8.76. The Morgan fingerprint density at radius 3 is 1.61 bits per heavy atom. The lowest BCUT2D eigenvalue weighted by Crippen LogP contribution is -2.22. The Balaban J connectivity index is 0.000000942. The van der Waals surface area contributed by atoms with Gasteiger partial charge in [-0.25, -0.2) is 0 Å². The van der Waals surface area contributed by atoms with Crippen molar-refractivity contribution in [3.63, 3.8) is 0 Å². The monoisotopic (exact) mass is 1020 g/mol. The van der Waals surface area contributed by atoms with Crippen molar-refractivity contribution in [1.29, 1.82) is 0 Å². The second-order valence-corrected chi connectivity index (χ2v) is 19.1. The van der Waals surface area contributed by atoms with Crippen molar-refractivity contribution in [2.45, 2.75) is 13.8 Å². The molecule has 0 amide bonds. The summed E-state index contributed by atoms with van der Waals surface area (Å²) < 4.78 is 0. The van der Waals surface area contributed by atoms with Crippen molar-refractivity contribution < 1.29 is 0 Å². The molecule has 0 radical (unpaired) electrons. The molecule has 3 aliphatic rings. The van der Waals surface area contributed by atoms with Gasteiger partial charge in [-0.2, -0.15) is 0 Å². The van der Waals surface area contributed by atoms with E-state index in [1.165, 1.54) is 0 Å². The normalized spacial score (nSPS) is 22.2. The lowest BCUT2D eigenvalue weighted by atomic mass is 9.85. The van der Waals surface area contributed by atoms with E-state index in [1.54, 1.807) is 0 Å². The van der Waals surface area contributed by atoms with Crippen molar-refractivity contribution in [3.05, 3.63) is 370 Å². The van der Waals surface area contributed by atoms with Crippen LogP contribution in [-0.4, -0.2) is 0 Å². The maximum atomic E-state index is 4.55. The molecular formula is C79H68. The standard InChI is InChI=1S/C71H60.C8H8/c1-5-7-16-37-60(29-6-2)67-43-22-15-14-21-40-64-52-68(61-38-19-12-8-10-17-31-56-33-23-25-35-58(56)47-49-61)69(62-39-20-13-9-11-18-32-57-34-24-26-36-59(57)48-50-62)53-70(64)71(67)65-42-28-41-63(51-65)66-44-27-30-54(3)45-46-55(66)4;1-7-5-3-4-6-8(7)2/h5-54H,1,4H2,2-3H3;3-6H,1-2H2/b10-8?,11-9?,12-8+,13-9+,15-14?,16-7-,17-10+,18-11+,19-12?,20-13?,21-14?,22-15?,29-6+,30-27-,31-17?,32-18?,38-19-,39-20-,40-21?,43-22?,46-45-,49-47?,50-48?,56-31-,57-32-,58-47-,59-48-,60-37+,61-38?,61-49+,62-39?,62-50+,64-40?,66-44+,67-43?,71-67?,71-70?;. The molecule has 0 aliphatic heterocycles. The molecule has 9 rings (SSSR count). The van der Waals surface area contributed by atoms with Crippen LogP contribution in [0, 0.1) is 5.92 Å². The van der Waals surface area contributed by atoms with E-state index in [1.807, 2.05) is 36.4 Å². The summed E-state index contributed by atoms with van der Waals surface area (Å²) in [6.45, 7) is 20.3. The highest BCUT2D eigenvalue weighted by atomic mass is 14.2. The highest BCUT2D eigenvalue weighted by Gasteiger charge is 2.17. The molecular weight excluding hydrogens is 949 g/mol. The Bertz CT molecular complexity index is 4120. The highest BCUT2D eigenvalue weighted by Crippen LogP contribution is 2.40. The zero-order valence-electron chi connectivity index (χ0n) is 45.5. The van der Waals surface area contributed by atoms with E-state index in [4.69, 9.17) is 0 Å². The van der Waals surface area contributed by atoms with E-state index in [0.717, 1.165) is 103 Å². The molecule has 0 spiro atoms. The molecule has 0 bridgehead atoms. The zero-order chi connectivity index (χ0) is 55.0. The first kappa shape index (κ1) is 55.4. The van der Waals surface area contributed by atoms with Crippen molar-refractivity contribution in [3.8, 4) is 11.1 Å². The summed E-state index contributed by atoms with van der Waals surface area (Å²) in [6.07, 6.45) is 62.1. The molecule has 3 aliphatic carbocycles. The van der Waals surface area contributed by atoms with Crippen LogP contribution >= 0.6 is 0 Å². The van der Waals surface area contributed by atoms with Gasteiger partial charge in [0.1, 0.15) is 0 Å². The number of fused-ring (bicyclic) bond motifs is 3. The van der Waals surface area contributed by atoms with Crippen LogP contribution in [0.3, 0.4) is 0 Å². The number of hydrogen-bond donors (Lipinski definition) is 0. The van der Waals surface area contributed by atoms with Crippen LogP contribution in [0.5, 0.6) is 0 Å². The SMILES string of the molecule is C=C\C=C/C=C(\C=C\C)c1ccccccc2cc(C3=C/C=c4/cccc/c4=C/C=C/C=C/C=C\3)c(C3=C/C=c4/cccc/c4=C/C=C/C=C/C=C\3)cc2c1-c1cccc(/C2=C/C=C\C(C)/C=C\C2=C)c1.C=c1ccccc1=C. The summed E-state index contributed by atoms with van der Waals surface area (Å²) in [6, 6.07) is 51.7. The molecule has 0 saturated heterocycles. The predicted octanol–water partition coefficient (Wildman–Crippen LogP) is 16.2. The molecule has 0 heterocycles. The average Bonchev–Trinajstić information content (AvgIpc) is 3.53. The van der Waals surface area contributed by atoms with E-state index in [0.29, 0.717) is 5.92 Å². The first-order chi connectivity index (χ1) is 38.8. The second kappa shape index (κ2) is 28.9. The quantitative estimate of drug-likeness (QED) is 0.133. The maximum absolute atomic E-state index is 4.55. The smallest absolute Gasteiger partial charge is 0.00264 e. The first-order valence-corrected chi connectivity index (χ1v) is 27.0. The topological polar surface area (TPSA) is 0 Å². The zero-order valence-corrected chi connectivity index (χ0v) is 45.5. The van der Waals surface area contributed by atoms with Gasteiger partial charge in [0, 0.05) is 0 Å². The molecule has 1 atom stereocenters. The molecule has 6 aromatic rings. The van der Waals surface area contributed by atoms with E-state index in [2.05, 4.69) is 326 Å². The van der Waals surface area contributed by atoms with Gasteiger partial charge in [-0.05, 0) is 134 Å². The van der Waals surface area contributed by atoms with Gasteiger partial charge in [0.2, 0.25) is 0 Å². The van der Waals surface area contributed by atoms with Crippen molar-refractivity contribution in [1.82, 2.24) is 0 Å². The molecule has 79 heavy (non-hydrogen) atoms. The van der Waals surface area contributed by atoms with Crippen molar-refractivity contribution >= 4 is 70.5 Å². The minimum Gasteiger partial charge on any atom is -0.0991 e. The van der Waals surface area contributed by atoms with Crippen LogP contribution in [0.4, 0.5) is 0 Å². The van der Waals surface area contributed by atoms with Gasteiger partial charge in [0.15, 0.2) is 0 Å². The largest absolute Gasteiger partial charge is 0.0991 e. The van der Waals surface area contributed by atoms with E-state index >= 15 is 0 Å². The van der Waals surface area contributed by atoms with Crippen LogP contribution in [0.2, 0.25) is 0 Å². The van der Waals surface area contributed by atoms with Crippen LogP contribution < -0.4 is 31.3 Å². The third kappa shape index (κ3) is 15.4. The number of allylic oxidation sites excluding steroid dienone is 30. The van der Waals surface area contributed by atoms with Gasteiger partial charge in [-0.1, -0.05) is 337 Å². The lowest BCUT2D eigenvalue weighted by Gasteiger charge is -2.19. The Morgan fingerprint density at radius 1 is 0.456 bits per heavy atom. The average molecular weight is 1020 g/mol. The second-order valence-electron chi connectivity index (χ2n) is 19.1. The Labute approximate surface area is 468 Å². The Morgan fingerprint density at radius 2 is 1.00 bits per heavy atom. The van der Waals surface area contributed by atoms with Gasteiger partial charge in [0.05, 0.1) is 0 Å². The molecule has 1 unspecified atom stereocenters. The van der Waals surface area contributed by atoms with Gasteiger partial charge >= 0.3 is 0 Å². The van der Waals surface area contributed by atoms with Crippen LogP contribution in [0.1, 0.15) is 36.1 Å². The van der Waals surface area contributed by atoms with E-state index in [-0.39, 0.29) is 0 Å². The van der Waals surface area contributed by atoms with E-state index in [9.17, 15) is 0 Å². The summed E-state index contributed by atoms with van der Waals surface area (Å²) in [4.78, 5) is 0. The fraction of sp³-hybridized carbons (Fsp3) is 0.0380. The van der Waals surface area contributed by atoms with Gasteiger partial charge in [0.25, 0.3) is 0 Å². The van der Waals surface area contributed by atoms with Gasteiger partial charge in [-0.3, -0.25) is 0 Å². The molecule has 0 saturated carbocycles. The minimum absolute atomic E-state index is 0.324. The van der Waals surface area contributed by atoms with Crippen LogP contribution in [0.25, 0.3) is 81.7 Å². The van der Waals surface area contributed by atoms with Crippen LogP contribution in [-0.2, 0) is 0 Å². The van der Waals surface area contributed by atoms with Gasteiger partial charge < -0.3 is 0 Å². The van der Waals surface area contributed by atoms with Crippen molar-refractivity contribution in [2.24, 2.45) is 5.92 Å². The third-order valence-electron chi connectivity index (χ3n) is 13.5. The summed E-state index contributed by atoms with van der Waals surface area (Å²) in [5.41, 5.74) is 11.8. The number of rotatable bonds is 8. The summed E-state index contributed by atoms with van der Waals surface area (Å²) in [7, 11) is 0. The van der Waals surface area contributed by atoms with Crippen molar-refractivity contribution in [2.75, 3.05) is 0 Å². The molecule has 0 fully saturated rings. The summed E-state index contributed by atoms with van der Waals surface area (Å²) >= 11 is 0. The fourth-order valence-electron chi connectivity index (χ4n) is 9.34. The highest BCUT2D eigenvalue weighted by molar-refractivity contribution is 6.06. The Kier molecular flexibility index (Phi) is 20.2. The minimum atomic E-state index is 0.324. The third-order valence-corrected chi connectivity index (χ3v) is 13.5. The summed E-state index contributed by atoms with van der Waals surface area (Å²) in [5.74, 6) is 0.324. The fourth-order valence-corrected chi connectivity index (χ4v) is 9.34. The molecule has 0 heteroatoms. The first-order valence-electron chi connectivity index (χ1n) is 27.0. The molecule has 0 N–H and O–H groups in total. The van der Waals surface area contributed by atoms with Gasteiger partial charge in [-0.15, -0.1) is 0 Å². The number of hydrogen-bond acceptors (Lipinski definition) is 0. The maximum Gasteiger partial charge on any atom is -0.00264 e. The van der Waals surface area contributed by atoms with E-state index < -0.39 is 0 Å². The van der Waals surface area contributed by atoms with Crippen LogP contribution in [0.15, 0.2) is 316 Å². The molecule has 6 aromatic carbocycles. The molecule has 0 aromatic heterocycles. The number of benzene rings is 5. The molecule has 0 nitrogen and oxygen atoms in total. The Hall–Kier alpha value is -9.88. The lowest BCUT2D eigenvalue weighted by molar-refractivity contribution is 0.938. The predicted molar refractivity (Wildman–Crippen MR) is 350 cm³/mol. The molecule has 384 valence electrons.